The van der Waals surface area contributed by atoms with Crippen molar-refractivity contribution in [1.82, 2.24) is 14.4 Å². The van der Waals surface area contributed by atoms with Crippen molar-refractivity contribution in [3.8, 4) is 5.88 Å². The summed E-state index contributed by atoms with van der Waals surface area (Å²) in [4.78, 5) is 23.3. The summed E-state index contributed by atoms with van der Waals surface area (Å²) in [6.07, 6.45) is 0. The standard InChI is InChI=1S/C27H17BrN3O2P/c28-18-15-16-21-23(17-18)29-25-26(30-22-13-7-8-14-24(22)31(25)27(21)32)33-34(19-9-3-1-4-10-19)20-11-5-2-6-12-20/h1-17H. The lowest BCUT2D eigenvalue weighted by Gasteiger charge is -2.20. The van der Waals surface area contributed by atoms with Gasteiger partial charge in [-0.15, -0.1) is 0 Å². The van der Waals surface area contributed by atoms with E-state index in [1.165, 1.54) is 0 Å². The zero-order chi connectivity index (χ0) is 23.1. The number of hydrogen-bond donors (Lipinski definition) is 0. The van der Waals surface area contributed by atoms with Gasteiger partial charge in [-0.2, -0.15) is 0 Å². The van der Waals surface area contributed by atoms with Crippen LogP contribution < -0.4 is 20.7 Å². The van der Waals surface area contributed by atoms with Crippen LogP contribution in [-0.4, -0.2) is 14.4 Å². The lowest BCUT2D eigenvalue weighted by molar-refractivity contribution is 0.605. The Hall–Kier alpha value is -3.60. The number of nitrogens with zero attached hydrogens (tertiary/aromatic N) is 3. The van der Waals surface area contributed by atoms with Gasteiger partial charge in [0, 0.05) is 15.1 Å². The van der Waals surface area contributed by atoms with Crippen LogP contribution in [-0.2, 0) is 0 Å². The quantitative estimate of drug-likeness (QED) is 0.171. The van der Waals surface area contributed by atoms with Gasteiger partial charge >= 0.3 is 0 Å². The van der Waals surface area contributed by atoms with Gasteiger partial charge in [-0.1, -0.05) is 88.7 Å². The van der Waals surface area contributed by atoms with Gasteiger partial charge in [0.05, 0.1) is 21.9 Å². The van der Waals surface area contributed by atoms with Crippen LogP contribution in [0, 0.1) is 0 Å². The van der Waals surface area contributed by atoms with Gasteiger partial charge in [-0.25, -0.2) is 9.97 Å². The van der Waals surface area contributed by atoms with Crippen LogP contribution in [0.3, 0.4) is 0 Å². The Kier molecular flexibility index (Phi) is 5.33. The molecule has 0 unspecified atom stereocenters. The third kappa shape index (κ3) is 3.65. The van der Waals surface area contributed by atoms with E-state index in [1.54, 1.807) is 10.5 Å². The average molecular weight is 526 g/mol. The molecule has 0 amide bonds. The second-order valence-corrected chi connectivity index (χ2v) is 10.4. The van der Waals surface area contributed by atoms with Gasteiger partial charge < -0.3 is 4.52 Å². The van der Waals surface area contributed by atoms with E-state index in [0.29, 0.717) is 33.5 Å². The molecule has 5 nitrogen and oxygen atoms in total. The van der Waals surface area contributed by atoms with Crippen molar-refractivity contribution in [3.63, 3.8) is 0 Å². The van der Waals surface area contributed by atoms with Gasteiger partial charge in [0.25, 0.3) is 11.4 Å². The van der Waals surface area contributed by atoms with E-state index in [-0.39, 0.29) is 5.56 Å². The molecule has 0 fully saturated rings. The van der Waals surface area contributed by atoms with Crippen LogP contribution >= 0.6 is 24.1 Å². The highest BCUT2D eigenvalue weighted by Crippen LogP contribution is 2.38. The van der Waals surface area contributed by atoms with Crippen LogP contribution in [0.1, 0.15) is 0 Å². The zero-order valence-electron chi connectivity index (χ0n) is 17.8. The summed E-state index contributed by atoms with van der Waals surface area (Å²) in [5.41, 5.74) is 2.19. The third-order valence-corrected chi connectivity index (χ3v) is 7.91. The second-order valence-electron chi connectivity index (χ2n) is 7.70. The summed E-state index contributed by atoms with van der Waals surface area (Å²) in [5.74, 6) is 0.330. The lowest BCUT2D eigenvalue weighted by Crippen LogP contribution is -2.20. The molecule has 0 saturated heterocycles. The first-order valence-corrected chi connectivity index (χ1v) is 12.7. The summed E-state index contributed by atoms with van der Waals surface area (Å²) in [5, 5.41) is 2.63. The summed E-state index contributed by atoms with van der Waals surface area (Å²) in [6, 6.07) is 33.2. The maximum Gasteiger partial charge on any atom is 0.266 e. The lowest BCUT2D eigenvalue weighted by atomic mass is 10.2. The molecule has 6 aromatic rings. The molecule has 7 heteroatoms. The maximum absolute atomic E-state index is 13.6. The van der Waals surface area contributed by atoms with Gasteiger partial charge in [0.2, 0.25) is 5.65 Å². The molecule has 0 aliphatic heterocycles. The van der Waals surface area contributed by atoms with E-state index in [9.17, 15) is 4.79 Å². The number of hydrogen-bond acceptors (Lipinski definition) is 4. The number of aromatic nitrogens is 3. The first-order valence-electron chi connectivity index (χ1n) is 10.7. The van der Waals surface area contributed by atoms with E-state index < -0.39 is 8.15 Å². The molecule has 0 bridgehead atoms. The fourth-order valence-electron chi connectivity index (χ4n) is 3.96. The minimum Gasteiger partial charge on any atom is -0.444 e. The number of rotatable bonds is 4. The van der Waals surface area contributed by atoms with Gasteiger partial charge in [-0.3, -0.25) is 9.20 Å². The number of halogens is 1. The van der Waals surface area contributed by atoms with Crippen molar-refractivity contribution >= 4 is 62.3 Å². The highest BCUT2D eigenvalue weighted by molar-refractivity contribution is 9.10. The van der Waals surface area contributed by atoms with Crippen LogP contribution in [0.4, 0.5) is 0 Å². The molecule has 2 heterocycles. The Bertz CT molecular complexity index is 1680. The fraction of sp³-hybridized carbons (Fsp3) is 0. The van der Waals surface area contributed by atoms with E-state index in [0.717, 1.165) is 15.1 Å². The Morgan fingerprint density at radius 3 is 2.09 bits per heavy atom. The van der Waals surface area contributed by atoms with Crippen molar-refractivity contribution in [2.75, 3.05) is 0 Å². The largest absolute Gasteiger partial charge is 0.444 e. The molecule has 4 aromatic carbocycles. The summed E-state index contributed by atoms with van der Waals surface area (Å²) in [7, 11) is -1.24. The van der Waals surface area contributed by atoms with E-state index in [1.807, 2.05) is 97.1 Å². The van der Waals surface area contributed by atoms with Gasteiger partial charge in [0.1, 0.15) is 0 Å². The SMILES string of the molecule is O=c1c2ccc(Br)cc2nc2c(OP(c3ccccc3)c3ccccc3)nc3ccccc3n12. The van der Waals surface area contributed by atoms with Gasteiger partial charge in [0.15, 0.2) is 8.15 Å². The molecule has 0 aliphatic carbocycles. The topological polar surface area (TPSA) is 56.5 Å². The monoisotopic (exact) mass is 525 g/mol. The molecule has 0 saturated carbocycles. The molecular formula is C27H17BrN3O2P. The van der Waals surface area contributed by atoms with Gasteiger partial charge in [-0.05, 0) is 30.3 Å². The minimum absolute atomic E-state index is 0.153. The summed E-state index contributed by atoms with van der Waals surface area (Å²) in [6.45, 7) is 0. The Morgan fingerprint density at radius 1 is 0.735 bits per heavy atom. The molecule has 0 radical (unpaired) electrons. The first kappa shape index (κ1) is 21.0. The molecule has 6 rings (SSSR count). The number of fused-ring (bicyclic) bond motifs is 4. The Balaban J connectivity index is 1.65. The maximum atomic E-state index is 13.6. The smallest absolute Gasteiger partial charge is 0.266 e. The molecule has 0 spiro atoms. The van der Waals surface area contributed by atoms with E-state index in [2.05, 4.69) is 15.9 Å². The highest BCUT2D eigenvalue weighted by Gasteiger charge is 2.22. The Morgan fingerprint density at radius 2 is 1.38 bits per heavy atom. The second kappa shape index (κ2) is 8.64. The molecule has 0 atom stereocenters. The van der Waals surface area contributed by atoms with Crippen LogP contribution in [0.15, 0.2) is 112 Å². The average Bonchev–Trinajstić information content (AvgIpc) is 2.88. The van der Waals surface area contributed by atoms with Crippen LogP contribution in [0.2, 0.25) is 0 Å². The first-order chi connectivity index (χ1) is 16.7. The molecule has 164 valence electrons. The van der Waals surface area contributed by atoms with Crippen LogP contribution in [0.25, 0.3) is 27.6 Å². The summed E-state index contributed by atoms with van der Waals surface area (Å²) < 4.78 is 9.12. The molecule has 34 heavy (non-hydrogen) atoms. The molecule has 2 aromatic heterocycles. The van der Waals surface area contributed by atoms with Crippen molar-refractivity contribution in [3.05, 3.63) is 118 Å². The third-order valence-electron chi connectivity index (χ3n) is 5.53. The Labute approximate surface area is 204 Å². The van der Waals surface area contributed by atoms with Crippen molar-refractivity contribution in [2.24, 2.45) is 0 Å². The van der Waals surface area contributed by atoms with E-state index >= 15 is 0 Å². The molecular weight excluding hydrogens is 509 g/mol. The number of para-hydroxylation sites is 2. The molecule has 0 N–H and O–H groups in total. The van der Waals surface area contributed by atoms with E-state index in [4.69, 9.17) is 14.5 Å². The van der Waals surface area contributed by atoms with Crippen molar-refractivity contribution in [2.45, 2.75) is 0 Å². The summed E-state index contributed by atoms with van der Waals surface area (Å²) >= 11 is 3.49. The normalized spacial score (nSPS) is 11.5. The zero-order valence-corrected chi connectivity index (χ0v) is 20.3. The predicted octanol–water partition coefficient (Wildman–Crippen LogP) is 5.59. The van der Waals surface area contributed by atoms with Crippen molar-refractivity contribution < 1.29 is 4.52 Å². The van der Waals surface area contributed by atoms with Crippen molar-refractivity contribution in [1.29, 1.82) is 0 Å². The number of benzene rings is 4. The highest BCUT2D eigenvalue weighted by atomic mass is 79.9. The van der Waals surface area contributed by atoms with Crippen LogP contribution in [0.5, 0.6) is 5.88 Å². The predicted molar refractivity (Wildman–Crippen MR) is 142 cm³/mol. The minimum atomic E-state index is -1.24. The fourth-order valence-corrected chi connectivity index (χ4v) is 6.00. The molecule has 0 aliphatic rings.